The third kappa shape index (κ3) is 5.99. The molecule has 0 radical (unpaired) electrons. The van der Waals surface area contributed by atoms with Crippen molar-refractivity contribution >= 4 is 17.3 Å². The Hall–Kier alpha value is -2.31. The Morgan fingerprint density at radius 2 is 2.05 bits per heavy atom. The van der Waals surface area contributed by atoms with Crippen LogP contribution in [0.3, 0.4) is 0 Å². The number of nitrogens with one attached hydrogen (secondary N) is 1. The molecule has 0 fully saturated rings. The van der Waals surface area contributed by atoms with Gasteiger partial charge < -0.3 is 14.8 Å². The van der Waals surface area contributed by atoms with Crippen LogP contribution in [-0.2, 0) is 9.53 Å². The number of anilines is 1. The number of nitro benzene ring substituents is 1. The van der Waals surface area contributed by atoms with Crippen molar-refractivity contribution in [1.82, 2.24) is 0 Å². The number of nitro groups is 1. The van der Waals surface area contributed by atoms with Crippen molar-refractivity contribution < 1.29 is 19.2 Å². The van der Waals surface area contributed by atoms with Crippen LogP contribution in [0.1, 0.15) is 33.1 Å². The zero-order valence-corrected chi connectivity index (χ0v) is 13.0. The van der Waals surface area contributed by atoms with E-state index in [1.54, 1.807) is 19.1 Å². The van der Waals surface area contributed by atoms with Gasteiger partial charge in [-0.15, -0.1) is 0 Å². The molecule has 0 aliphatic carbocycles. The molecular formula is C15H22N2O5. The van der Waals surface area contributed by atoms with Gasteiger partial charge in [0.2, 0.25) is 0 Å². The van der Waals surface area contributed by atoms with Crippen LogP contribution in [0.25, 0.3) is 0 Å². The first kappa shape index (κ1) is 17.7. The van der Waals surface area contributed by atoms with Crippen LogP contribution in [0.2, 0.25) is 0 Å². The molecule has 0 aromatic heterocycles. The minimum absolute atomic E-state index is 0.0173. The van der Waals surface area contributed by atoms with Crippen LogP contribution in [0, 0.1) is 10.1 Å². The highest BCUT2D eigenvalue weighted by molar-refractivity contribution is 5.69. The SMILES string of the molecule is CCOC(=O)CCCCNc1ccc(OCC)cc1[N+](=O)[O-]. The van der Waals surface area contributed by atoms with Crippen molar-refractivity contribution in [3.63, 3.8) is 0 Å². The zero-order chi connectivity index (χ0) is 16.4. The predicted octanol–water partition coefficient (Wildman–Crippen LogP) is 3.14. The third-order valence-corrected chi connectivity index (χ3v) is 2.91. The van der Waals surface area contributed by atoms with Crippen molar-refractivity contribution in [1.29, 1.82) is 0 Å². The average Bonchev–Trinajstić information content (AvgIpc) is 2.48. The monoisotopic (exact) mass is 310 g/mol. The highest BCUT2D eigenvalue weighted by Gasteiger charge is 2.14. The van der Waals surface area contributed by atoms with E-state index in [1.807, 2.05) is 6.92 Å². The number of nitrogens with zero attached hydrogens (tertiary/aromatic N) is 1. The van der Waals surface area contributed by atoms with Gasteiger partial charge in [0.15, 0.2) is 0 Å². The Morgan fingerprint density at radius 1 is 1.27 bits per heavy atom. The Bertz CT molecular complexity index is 505. The first-order valence-corrected chi connectivity index (χ1v) is 7.39. The lowest BCUT2D eigenvalue weighted by atomic mass is 10.2. The molecule has 0 saturated carbocycles. The summed E-state index contributed by atoms with van der Waals surface area (Å²) in [6.07, 6.45) is 1.76. The van der Waals surface area contributed by atoms with E-state index in [2.05, 4.69) is 5.32 Å². The van der Waals surface area contributed by atoms with Gasteiger partial charge in [0.1, 0.15) is 11.4 Å². The van der Waals surface area contributed by atoms with E-state index in [-0.39, 0.29) is 11.7 Å². The minimum Gasteiger partial charge on any atom is -0.494 e. The average molecular weight is 310 g/mol. The van der Waals surface area contributed by atoms with E-state index < -0.39 is 4.92 Å². The van der Waals surface area contributed by atoms with E-state index in [0.29, 0.717) is 44.0 Å². The minimum atomic E-state index is -0.441. The summed E-state index contributed by atoms with van der Waals surface area (Å²) in [6.45, 7) is 4.98. The number of carbonyl (C=O) groups is 1. The molecule has 0 aliphatic rings. The van der Waals surface area contributed by atoms with Crippen LogP contribution in [-0.4, -0.2) is 30.7 Å². The van der Waals surface area contributed by atoms with Gasteiger partial charge in [-0.25, -0.2) is 0 Å². The van der Waals surface area contributed by atoms with Crippen LogP contribution in [0.4, 0.5) is 11.4 Å². The van der Waals surface area contributed by atoms with Crippen molar-refractivity contribution in [2.24, 2.45) is 0 Å². The largest absolute Gasteiger partial charge is 0.494 e. The number of hydrogen-bond donors (Lipinski definition) is 1. The summed E-state index contributed by atoms with van der Waals surface area (Å²) >= 11 is 0. The lowest BCUT2D eigenvalue weighted by Gasteiger charge is -2.09. The van der Waals surface area contributed by atoms with Crippen LogP contribution < -0.4 is 10.1 Å². The molecule has 22 heavy (non-hydrogen) atoms. The summed E-state index contributed by atoms with van der Waals surface area (Å²) < 4.78 is 10.1. The fourth-order valence-corrected chi connectivity index (χ4v) is 1.92. The van der Waals surface area contributed by atoms with Gasteiger partial charge in [-0.05, 0) is 38.8 Å². The molecule has 1 N–H and O–H groups in total. The molecule has 0 saturated heterocycles. The fourth-order valence-electron chi connectivity index (χ4n) is 1.92. The van der Waals surface area contributed by atoms with Crippen LogP contribution in [0.15, 0.2) is 18.2 Å². The summed E-state index contributed by atoms with van der Waals surface area (Å²) in [7, 11) is 0. The number of benzene rings is 1. The molecule has 0 aliphatic heterocycles. The summed E-state index contributed by atoms with van der Waals surface area (Å²) in [5, 5.41) is 14.1. The quantitative estimate of drug-likeness (QED) is 0.309. The number of rotatable bonds is 10. The summed E-state index contributed by atoms with van der Waals surface area (Å²) in [6, 6.07) is 4.73. The molecular weight excluding hydrogens is 288 g/mol. The zero-order valence-electron chi connectivity index (χ0n) is 13.0. The van der Waals surface area contributed by atoms with E-state index in [1.165, 1.54) is 6.07 Å². The molecule has 1 aromatic rings. The maximum atomic E-state index is 11.2. The van der Waals surface area contributed by atoms with Gasteiger partial charge in [-0.2, -0.15) is 0 Å². The summed E-state index contributed by atoms with van der Waals surface area (Å²) in [5.41, 5.74) is 0.431. The Balaban J connectivity index is 2.48. The van der Waals surface area contributed by atoms with Gasteiger partial charge >= 0.3 is 5.97 Å². The second kappa shape index (κ2) is 9.59. The molecule has 1 aromatic carbocycles. The number of esters is 1. The van der Waals surface area contributed by atoms with E-state index in [9.17, 15) is 14.9 Å². The van der Waals surface area contributed by atoms with Gasteiger partial charge in [0.25, 0.3) is 5.69 Å². The highest BCUT2D eigenvalue weighted by atomic mass is 16.6. The molecule has 0 spiro atoms. The molecule has 0 amide bonds. The Labute approximate surface area is 129 Å². The molecule has 7 nitrogen and oxygen atoms in total. The van der Waals surface area contributed by atoms with Crippen molar-refractivity contribution in [2.75, 3.05) is 25.1 Å². The number of hydrogen-bond acceptors (Lipinski definition) is 6. The molecule has 1 rings (SSSR count). The first-order chi connectivity index (χ1) is 10.6. The highest BCUT2D eigenvalue weighted by Crippen LogP contribution is 2.29. The lowest BCUT2D eigenvalue weighted by molar-refractivity contribution is -0.384. The fraction of sp³-hybridized carbons (Fsp3) is 0.533. The van der Waals surface area contributed by atoms with Gasteiger partial charge in [0, 0.05) is 13.0 Å². The van der Waals surface area contributed by atoms with Gasteiger partial charge in [0.05, 0.1) is 24.2 Å². The summed E-state index contributed by atoms with van der Waals surface area (Å²) in [5.74, 6) is 0.261. The Kier molecular flexibility index (Phi) is 7.74. The Morgan fingerprint density at radius 3 is 2.68 bits per heavy atom. The number of unbranched alkanes of at least 4 members (excludes halogenated alkanes) is 1. The van der Waals surface area contributed by atoms with Crippen LogP contribution in [0.5, 0.6) is 5.75 Å². The second-order valence-electron chi connectivity index (χ2n) is 4.56. The number of ether oxygens (including phenoxy) is 2. The van der Waals surface area contributed by atoms with Crippen molar-refractivity contribution in [3.8, 4) is 5.75 Å². The van der Waals surface area contributed by atoms with E-state index >= 15 is 0 Å². The van der Waals surface area contributed by atoms with E-state index in [0.717, 1.165) is 6.42 Å². The normalized spacial score (nSPS) is 10.1. The van der Waals surface area contributed by atoms with E-state index in [4.69, 9.17) is 9.47 Å². The molecule has 0 unspecified atom stereocenters. The maximum absolute atomic E-state index is 11.2. The molecule has 0 atom stereocenters. The van der Waals surface area contributed by atoms with Crippen molar-refractivity contribution in [2.45, 2.75) is 33.1 Å². The molecule has 0 bridgehead atoms. The third-order valence-electron chi connectivity index (χ3n) is 2.91. The topological polar surface area (TPSA) is 90.7 Å². The maximum Gasteiger partial charge on any atom is 0.305 e. The molecule has 7 heteroatoms. The second-order valence-corrected chi connectivity index (χ2v) is 4.56. The van der Waals surface area contributed by atoms with Crippen molar-refractivity contribution in [3.05, 3.63) is 28.3 Å². The lowest BCUT2D eigenvalue weighted by Crippen LogP contribution is -2.07. The molecule has 0 heterocycles. The number of carbonyl (C=O) groups excluding carboxylic acids is 1. The standard InChI is InChI=1S/C15H22N2O5/c1-3-21-12-8-9-13(14(11-12)17(19)20)16-10-6-5-7-15(18)22-4-2/h8-9,11,16H,3-7,10H2,1-2H3. The molecule has 122 valence electrons. The first-order valence-electron chi connectivity index (χ1n) is 7.39. The van der Waals surface area contributed by atoms with Crippen LogP contribution >= 0.6 is 0 Å². The smallest absolute Gasteiger partial charge is 0.305 e. The summed E-state index contributed by atoms with van der Waals surface area (Å²) in [4.78, 5) is 21.8. The predicted molar refractivity (Wildman–Crippen MR) is 83.2 cm³/mol. The van der Waals surface area contributed by atoms with Gasteiger partial charge in [-0.1, -0.05) is 0 Å². The van der Waals surface area contributed by atoms with Gasteiger partial charge in [-0.3, -0.25) is 14.9 Å².